The second-order valence-electron chi connectivity index (χ2n) is 5.00. The van der Waals surface area contributed by atoms with Gasteiger partial charge in [-0.1, -0.05) is 11.6 Å². The number of aliphatic hydroxyl groups excluding tert-OH is 1. The summed E-state index contributed by atoms with van der Waals surface area (Å²) in [6, 6.07) is 3.60. The topological polar surface area (TPSA) is 94.9 Å². The van der Waals surface area contributed by atoms with Crippen LogP contribution in [0.1, 0.15) is 23.2 Å². The van der Waals surface area contributed by atoms with Gasteiger partial charge >= 0.3 is 5.97 Å². The SMILES string of the molecule is O=C(O)c1ccc(Cl)c(S(=O)(=O)N2CCCC(CO)C2)c1. The minimum atomic E-state index is -3.86. The van der Waals surface area contributed by atoms with Crippen LogP contribution < -0.4 is 0 Å². The van der Waals surface area contributed by atoms with E-state index in [-0.39, 0.29) is 34.6 Å². The second-order valence-corrected chi connectivity index (χ2v) is 7.32. The molecule has 2 rings (SSSR count). The Balaban J connectivity index is 2.39. The van der Waals surface area contributed by atoms with Crippen LogP contribution in [-0.4, -0.2) is 48.6 Å². The van der Waals surface area contributed by atoms with Crippen LogP contribution >= 0.6 is 11.6 Å². The second kappa shape index (κ2) is 6.31. The van der Waals surface area contributed by atoms with E-state index in [2.05, 4.69) is 0 Å². The van der Waals surface area contributed by atoms with Gasteiger partial charge in [0.05, 0.1) is 10.6 Å². The predicted molar refractivity (Wildman–Crippen MR) is 77.0 cm³/mol. The highest BCUT2D eigenvalue weighted by Gasteiger charge is 2.31. The van der Waals surface area contributed by atoms with Crippen LogP contribution in [0, 0.1) is 5.92 Å². The number of aromatic carboxylic acids is 1. The molecule has 1 aliphatic heterocycles. The van der Waals surface area contributed by atoms with Crippen molar-refractivity contribution in [2.75, 3.05) is 19.7 Å². The first-order valence-corrected chi connectivity index (χ1v) is 8.32. The maximum atomic E-state index is 12.6. The van der Waals surface area contributed by atoms with Crippen molar-refractivity contribution in [3.05, 3.63) is 28.8 Å². The summed E-state index contributed by atoms with van der Waals surface area (Å²) in [5.41, 5.74) is -0.131. The first-order valence-electron chi connectivity index (χ1n) is 6.50. The van der Waals surface area contributed by atoms with Crippen LogP contribution in [0.4, 0.5) is 0 Å². The maximum absolute atomic E-state index is 12.6. The first-order chi connectivity index (χ1) is 9.86. The van der Waals surface area contributed by atoms with Gasteiger partial charge in [-0.2, -0.15) is 4.31 Å². The molecule has 1 unspecified atom stereocenters. The Kier molecular flexibility index (Phi) is 4.88. The smallest absolute Gasteiger partial charge is 0.335 e. The van der Waals surface area contributed by atoms with Crippen molar-refractivity contribution in [3.8, 4) is 0 Å². The zero-order valence-corrected chi connectivity index (χ0v) is 12.8. The van der Waals surface area contributed by atoms with Gasteiger partial charge in [-0.25, -0.2) is 13.2 Å². The molecule has 1 aromatic rings. The summed E-state index contributed by atoms with van der Waals surface area (Å²) in [7, 11) is -3.86. The molecule has 1 heterocycles. The molecule has 0 bridgehead atoms. The lowest BCUT2D eigenvalue weighted by Gasteiger charge is -2.31. The number of carboxylic acids is 1. The van der Waals surface area contributed by atoms with E-state index in [1.165, 1.54) is 16.4 Å². The molecule has 2 N–H and O–H groups in total. The van der Waals surface area contributed by atoms with Crippen molar-refractivity contribution >= 4 is 27.6 Å². The standard InChI is InChI=1S/C13H16ClNO5S/c14-11-4-3-10(13(17)18)6-12(11)21(19,20)15-5-1-2-9(7-15)8-16/h3-4,6,9,16H,1-2,5,7-8H2,(H,17,18). The third kappa shape index (κ3) is 3.37. The number of nitrogens with zero attached hydrogens (tertiary/aromatic N) is 1. The van der Waals surface area contributed by atoms with Crippen LogP contribution in [0.5, 0.6) is 0 Å². The van der Waals surface area contributed by atoms with E-state index >= 15 is 0 Å². The average molecular weight is 334 g/mol. The van der Waals surface area contributed by atoms with Gasteiger partial charge < -0.3 is 10.2 Å². The third-order valence-electron chi connectivity index (χ3n) is 3.54. The Labute approximate surface area is 128 Å². The maximum Gasteiger partial charge on any atom is 0.335 e. The number of carbonyl (C=O) groups is 1. The van der Waals surface area contributed by atoms with E-state index in [9.17, 15) is 18.3 Å². The number of piperidine rings is 1. The summed E-state index contributed by atoms with van der Waals surface area (Å²) in [6.07, 6.45) is 1.42. The molecule has 1 aliphatic rings. The Hall–Kier alpha value is -1.15. The molecule has 1 fully saturated rings. The Bertz CT molecular complexity index is 646. The quantitative estimate of drug-likeness (QED) is 0.869. The lowest BCUT2D eigenvalue weighted by atomic mass is 10.0. The molecule has 1 saturated heterocycles. The molecular formula is C13H16ClNO5S. The molecule has 1 atom stereocenters. The van der Waals surface area contributed by atoms with Gasteiger partial charge in [0.25, 0.3) is 0 Å². The lowest BCUT2D eigenvalue weighted by molar-refractivity contribution is 0.0696. The molecule has 0 spiro atoms. The fraction of sp³-hybridized carbons (Fsp3) is 0.462. The van der Waals surface area contributed by atoms with Crippen LogP contribution in [0.25, 0.3) is 0 Å². The molecule has 1 aromatic carbocycles. The highest BCUT2D eigenvalue weighted by molar-refractivity contribution is 7.89. The number of sulfonamides is 1. The van der Waals surface area contributed by atoms with E-state index in [1.807, 2.05) is 0 Å². The van der Waals surface area contributed by atoms with Crippen LogP contribution in [0.3, 0.4) is 0 Å². The summed E-state index contributed by atoms with van der Waals surface area (Å²) in [6.45, 7) is 0.480. The van der Waals surface area contributed by atoms with Crippen molar-refractivity contribution in [2.24, 2.45) is 5.92 Å². The van der Waals surface area contributed by atoms with Gasteiger partial charge in [-0.15, -0.1) is 0 Å². The van der Waals surface area contributed by atoms with Crippen LogP contribution in [0.2, 0.25) is 5.02 Å². The lowest BCUT2D eigenvalue weighted by Crippen LogP contribution is -2.41. The fourth-order valence-electron chi connectivity index (χ4n) is 2.37. The number of benzene rings is 1. The molecule has 21 heavy (non-hydrogen) atoms. The summed E-state index contributed by atoms with van der Waals surface area (Å²) >= 11 is 5.93. The van der Waals surface area contributed by atoms with Gasteiger partial charge in [0.15, 0.2) is 0 Å². The Morgan fingerprint density at radius 2 is 2.14 bits per heavy atom. The molecule has 0 aromatic heterocycles. The normalized spacial score (nSPS) is 20.4. The van der Waals surface area contributed by atoms with E-state index in [1.54, 1.807) is 0 Å². The molecule has 116 valence electrons. The number of halogens is 1. The summed E-state index contributed by atoms with van der Waals surface area (Å²) in [5.74, 6) is -1.31. The number of hydrogen-bond donors (Lipinski definition) is 2. The van der Waals surface area contributed by atoms with E-state index in [4.69, 9.17) is 16.7 Å². The minimum Gasteiger partial charge on any atom is -0.478 e. The van der Waals surface area contributed by atoms with Gasteiger partial charge in [-0.3, -0.25) is 0 Å². The monoisotopic (exact) mass is 333 g/mol. The zero-order valence-electron chi connectivity index (χ0n) is 11.2. The van der Waals surface area contributed by atoms with Gasteiger partial charge in [0, 0.05) is 19.7 Å². The van der Waals surface area contributed by atoms with Crippen LogP contribution in [-0.2, 0) is 10.0 Å². The summed E-state index contributed by atoms with van der Waals surface area (Å²) < 4.78 is 26.5. The van der Waals surface area contributed by atoms with Crippen molar-refractivity contribution in [1.29, 1.82) is 0 Å². The number of aliphatic hydroxyl groups is 1. The largest absolute Gasteiger partial charge is 0.478 e. The average Bonchev–Trinajstić information content (AvgIpc) is 2.47. The zero-order chi connectivity index (χ0) is 15.6. The van der Waals surface area contributed by atoms with Gasteiger partial charge in [0.1, 0.15) is 4.90 Å². The number of carboxylic acid groups (broad SMARTS) is 1. The van der Waals surface area contributed by atoms with E-state index in [0.29, 0.717) is 13.0 Å². The van der Waals surface area contributed by atoms with E-state index in [0.717, 1.165) is 12.5 Å². The molecule has 6 nitrogen and oxygen atoms in total. The fourth-order valence-corrected chi connectivity index (χ4v) is 4.42. The molecular weight excluding hydrogens is 318 g/mol. The first kappa shape index (κ1) is 16.2. The van der Waals surface area contributed by atoms with Crippen molar-refractivity contribution in [3.63, 3.8) is 0 Å². The molecule has 8 heteroatoms. The molecule has 0 amide bonds. The molecule has 0 radical (unpaired) electrons. The Morgan fingerprint density at radius 3 is 2.76 bits per heavy atom. The Morgan fingerprint density at radius 1 is 1.43 bits per heavy atom. The van der Waals surface area contributed by atoms with Crippen molar-refractivity contribution in [2.45, 2.75) is 17.7 Å². The predicted octanol–water partition coefficient (Wildman–Crippen LogP) is 1.43. The highest BCUT2D eigenvalue weighted by atomic mass is 35.5. The number of rotatable bonds is 4. The molecule has 0 aliphatic carbocycles. The minimum absolute atomic E-state index is 0.00822. The van der Waals surface area contributed by atoms with Gasteiger partial charge in [-0.05, 0) is 37.0 Å². The van der Waals surface area contributed by atoms with Gasteiger partial charge in [0.2, 0.25) is 10.0 Å². The van der Waals surface area contributed by atoms with Crippen molar-refractivity contribution < 1.29 is 23.4 Å². The van der Waals surface area contributed by atoms with Crippen LogP contribution in [0.15, 0.2) is 23.1 Å². The third-order valence-corrected chi connectivity index (χ3v) is 5.88. The molecule has 0 saturated carbocycles. The summed E-state index contributed by atoms with van der Waals surface area (Å²) in [5, 5.41) is 18.2. The summed E-state index contributed by atoms with van der Waals surface area (Å²) in [4.78, 5) is 10.8. The van der Waals surface area contributed by atoms with E-state index < -0.39 is 16.0 Å². The highest BCUT2D eigenvalue weighted by Crippen LogP contribution is 2.29. The van der Waals surface area contributed by atoms with Crippen molar-refractivity contribution in [1.82, 2.24) is 4.31 Å². The number of hydrogen-bond acceptors (Lipinski definition) is 4.